The van der Waals surface area contributed by atoms with Gasteiger partial charge in [-0.1, -0.05) is 11.8 Å². The lowest BCUT2D eigenvalue weighted by molar-refractivity contribution is -0.165. The van der Waals surface area contributed by atoms with Crippen molar-refractivity contribution in [3.8, 4) is 24.7 Å². The van der Waals surface area contributed by atoms with Crippen molar-refractivity contribution < 1.29 is 32.7 Å². The lowest BCUT2D eigenvalue weighted by Gasteiger charge is -2.18. The number of carbonyl (C=O) groups excluding carboxylic acids is 2. The van der Waals surface area contributed by atoms with Crippen LogP contribution in [0.15, 0.2) is 0 Å². The van der Waals surface area contributed by atoms with E-state index in [9.17, 15) is 14.2 Å². The zero-order chi connectivity index (χ0) is 14.9. The molecular formula is C11H13O7P. The van der Waals surface area contributed by atoms with E-state index in [4.69, 9.17) is 17.4 Å². The predicted octanol–water partition coefficient (Wildman–Crippen LogP) is 0.194. The fourth-order valence-electron chi connectivity index (χ4n) is 0.794. The molecule has 0 aromatic heterocycles. The lowest BCUT2D eigenvalue weighted by Crippen LogP contribution is -2.35. The number of hydrogen-bond donors (Lipinski definition) is 0. The van der Waals surface area contributed by atoms with Crippen LogP contribution < -0.4 is 0 Å². The third-order valence-corrected chi connectivity index (χ3v) is 2.91. The number of terminal acetylenes is 2. The third kappa shape index (κ3) is 6.64. The van der Waals surface area contributed by atoms with Crippen LogP contribution in [0, 0.1) is 24.7 Å². The number of hydrogen-bond acceptors (Lipinski definition) is 7. The SMILES string of the molecule is C#CCOC(=O)C(OP(C)(=O)OC)C(=O)OCC#C. The number of ether oxygens (including phenoxy) is 2. The summed E-state index contributed by atoms with van der Waals surface area (Å²) in [7, 11) is -2.51. The first-order chi connectivity index (χ1) is 8.87. The summed E-state index contributed by atoms with van der Waals surface area (Å²) in [6.45, 7) is 0.327. The van der Waals surface area contributed by atoms with E-state index in [1.807, 2.05) is 11.8 Å². The maximum atomic E-state index is 11.6. The molecule has 0 heterocycles. The molecule has 104 valence electrons. The van der Waals surface area contributed by atoms with Gasteiger partial charge in [0.05, 0.1) is 0 Å². The molecule has 0 aromatic rings. The average Bonchev–Trinajstić information content (AvgIpc) is 2.39. The van der Waals surface area contributed by atoms with Gasteiger partial charge in [0.1, 0.15) is 0 Å². The third-order valence-electron chi connectivity index (χ3n) is 1.65. The van der Waals surface area contributed by atoms with Crippen molar-refractivity contribution in [3.05, 3.63) is 0 Å². The van der Waals surface area contributed by atoms with Crippen LogP contribution in [0.1, 0.15) is 0 Å². The van der Waals surface area contributed by atoms with Gasteiger partial charge in [-0.15, -0.1) is 12.8 Å². The molecule has 0 bridgehead atoms. The maximum absolute atomic E-state index is 11.6. The topological polar surface area (TPSA) is 88.1 Å². The molecule has 7 nitrogen and oxygen atoms in total. The standard InChI is InChI=1S/C11H13O7P/c1-5-7-16-10(12)9(11(13)17-8-6-2)18-19(4,14)15-3/h1-2,9H,7-8H2,3-4H3. The molecule has 1 atom stereocenters. The van der Waals surface area contributed by atoms with Crippen molar-refractivity contribution in [3.63, 3.8) is 0 Å². The van der Waals surface area contributed by atoms with Gasteiger partial charge in [-0.25, -0.2) is 9.59 Å². The lowest BCUT2D eigenvalue weighted by atomic mass is 10.4. The van der Waals surface area contributed by atoms with Gasteiger partial charge in [0.15, 0.2) is 13.2 Å². The Bertz CT molecular complexity index is 427. The molecule has 0 aliphatic carbocycles. The van der Waals surface area contributed by atoms with Crippen LogP contribution in [0.5, 0.6) is 0 Å². The van der Waals surface area contributed by atoms with Crippen LogP contribution in [0.25, 0.3) is 0 Å². The Kier molecular flexibility index (Phi) is 7.55. The van der Waals surface area contributed by atoms with E-state index in [1.165, 1.54) is 0 Å². The van der Waals surface area contributed by atoms with Crippen LogP contribution >= 0.6 is 7.60 Å². The molecule has 0 aliphatic rings. The summed E-state index contributed by atoms with van der Waals surface area (Å²) in [5.41, 5.74) is 0. The Morgan fingerprint density at radius 1 is 1.16 bits per heavy atom. The van der Waals surface area contributed by atoms with Gasteiger partial charge >= 0.3 is 19.5 Å². The molecule has 19 heavy (non-hydrogen) atoms. The Balaban J connectivity index is 4.89. The van der Waals surface area contributed by atoms with E-state index in [2.05, 4.69) is 14.0 Å². The number of rotatable bonds is 7. The van der Waals surface area contributed by atoms with E-state index in [-0.39, 0.29) is 13.2 Å². The molecule has 0 radical (unpaired) electrons. The predicted molar refractivity (Wildman–Crippen MR) is 65.0 cm³/mol. The average molecular weight is 288 g/mol. The van der Waals surface area contributed by atoms with Crippen molar-refractivity contribution in [2.24, 2.45) is 0 Å². The highest BCUT2D eigenvalue weighted by atomic mass is 31.2. The number of carbonyl (C=O) groups is 2. The summed E-state index contributed by atoms with van der Waals surface area (Å²) >= 11 is 0. The normalized spacial score (nSPS) is 12.9. The highest BCUT2D eigenvalue weighted by Gasteiger charge is 2.36. The van der Waals surface area contributed by atoms with Gasteiger partial charge in [0.2, 0.25) is 0 Å². The fourth-order valence-corrected chi connectivity index (χ4v) is 1.43. The first kappa shape index (κ1) is 17.2. The second-order valence-electron chi connectivity index (χ2n) is 3.06. The van der Waals surface area contributed by atoms with Crippen molar-refractivity contribution in [2.75, 3.05) is 27.0 Å². The molecular weight excluding hydrogens is 275 g/mol. The molecule has 0 rings (SSSR count). The minimum Gasteiger partial charge on any atom is -0.450 e. The Morgan fingerprint density at radius 2 is 1.58 bits per heavy atom. The second-order valence-corrected chi connectivity index (χ2v) is 5.18. The van der Waals surface area contributed by atoms with Gasteiger partial charge in [-0.05, 0) is 0 Å². The molecule has 0 amide bonds. The Labute approximate surface area is 111 Å². The van der Waals surface area contributed by atoms with Gasteiger partial charge in [-0.2, -0.15) is 0 Å². The second kappa shape index (κ2) is 8.34. The van der Waals surface area contributed by atoms with Crippen molar-refractivity contribution in [2.45, 2.75) is 6.10 Å². The van der Waals surface area contributed by atoms with Gasteiger partial charge < -0.3 is 14.0 Å². The summed E-state index contributed by atoms with van der Waals surface area (Å²) in [6, 6.07) is 0. The molecule has 0 N–H and O–H groups in total. The molecule has 0 saturated carbocycles. The van der Waals surface area contributed by atoms with Crippen LogP contribution in [0.4, 0.5) is 0 Å². The molecule has 8 heteroatoms. The summed E-state index contributed by atoms with van der Waals surface area (Å²) < 4.78 is 29.9. The highest BCUT2D eigenvalue weighted by molar-refractivity contribution is 7.53. The highest BCUT2D eigenvalue weighted by Crippen LogP contribution is 2.44. The Hall–Kier alpha value is -1.79. The summed E-state index contributed by atoms with van der Waals surface area (Å²) in [4.78, 5) is 23.1. The summed E-state index contributed by atoms with van der Waals surface area (Å²) in [6.07, 6.45) is 7.92. The first-order valence-corrected chi connectivity index (χ1v) is 6.88. The summed E-state index contributed by atoms with van der Waals surface area (Å²) in [5, 5.41) is 0. The zero-order valence-electron chi connectivity index (χ0n) is 10.5. The monoisotopic (exact) mass is 288 g/mol. The smallest absolute Gasteiger partial charge is 0.348 e. The van der Waals surface area contributed by atoms with Crippen molar-refractivity contribution in [1.29, 1.82) is 0 Å². The molecule has 0 fully saturated rings. The van der Waals surface area contributed by atoms with E-state index in [0.29, 0.717) is 0 Å². The van der Waals surface area contributed by atoms with Gasteiger partial charge in [0, 0.05) is 13.8 Å². The van der Waals surface area contributed by atoms with Crippen LogP contribution in [0.3, 0.4) is 0 Å². The van der Waals surface area contributed by atoms with E-state index >= 15 is 0 Å². The maximum Gasteiger partial charge on any atom is 0.348 e. The van der Waals surface area contributed by atoms with Crippen molar-refractivity contribution >= 4 is 19.5 Å². The largest absolute Gasteiger partial charge is 0.450 e. The minimum atomic E-state index is -3.61. The number of esters is 2. The molecule has 0 aromatic carbocycles. The van der Waals surface area contributed by atoms with Crippen LogP contribution in [-0.2, 0) is 32.7 Å². The van der Waals surface area contributed by atoms with Crippen molar-refractivity contribution in [1.82, 2.24) is 0 Å². The van der Waals surface area contributed by atoms with Crippen LogP contribution in [0.2, 0.25) is 0 Å². The van der Waals surface area contributed by atoms with E-state index < -0.39 is 25.6 Å². The quantitative estimate of drug-likeness (QED) is 0.286. The first-order valence-electron chi connectivity index (χ1n) is 4.89. The molecule has 0 spiro atoms. The minimum absolute atomic E-state index is 0.373. The molecule has 0 saturated heterocycles. The fraction of sp³-hybridized carbons (Fsp3) is 0.455. The van der Waals surface area contributed by atoms with E-state index in [0.717, 1.165) is 13.8 Å². The molecule has 0 aliphatic heterocycles. The van der Waals surface area contributed by atoms with Gasteiger partial charge in [-0.3, -0.25) is 9.09 Å². The zero-order valence-corrected chi connectivity index (χ0v) is 11.3. The van der Waals surface area contributed by atoms with Crippen LogP contribution in [-0.4, -0.2) is 45.0 Å². The molecule has 1 unspecified atom stereocenters. The summed E-state index contributed by atoms with van der Waals surface area (Å²) in [5.74, 6) is 1.78. The van der Waals surface area contributed by atoms with Gasteiger partial charge in [0.25, 0.3) is 6.10 Å². The van der Waals surface area contributed by atoms with E-state index in [1.54, 1.807) is 0 Å². The Morgan fingerprint density at radius 3 is 1.89 bits per heavy atom.